The van der Waals surface area contributed by atoms with Gasteiger partial charge in [-0.1, -0.05) is 27.2 Å². The first-order valence-corrected chi connectivity index (χ1v) is 8.31. The van der Waals surface area contributed by atoms with Crippen molar-refractivity contribution in [2.45, 2.75) is 83.8 Å². The minimum Gasteiger partial charge on any atom is -0.377 e. The molecule has 0 aromatic rings. The zero-order chi connectivity index (χ0) is 13.9. The summed E-state index contributed by atoms with van der Waals surface area (Å²) in [4.78, 5) is 0. The van der Waals surface area contributed by atoms with Crippen LogP contribution in [0.5, 0.6) is 0 Å². The van der Waals surface area contributed by atoms with Crippen LogP contribution in [0.25, 0.3) is 0 Å². The summed E-state index contributed by atoms with van der Waals surface area (Å²) in [6, 6.07) is 0.585. The fourth-order valence-corrected chi connectivity index (χ4v) is 3.85. The van der Waals surface area contributed by atoms with Crippen LogP contribution < -0.4 is 5.32 Å². The van der Waals surface area contributed by atoms with E-state index >= 15 is 0 Å². The van der Waals surface area contributed by atoms with E-state index in [9.17, 15) is 0 Å². The highest BCUT2D eigenvalue weighted by atomic mass is 16.5. The topological polar surface area (TPSA) is 21.3 Å². The highest BCUT2D eigenvalue weighted by Crippen LogP contribution is 2.47. The van der Waals surface area contributed by atoms with Crippen LogP contribution in [0.4, 0.5) is 0 Å². The fraction of sp³-hybridized carbons (Fsp3) is 1.00. The molecule has 2 rings (SSSR count). The Hall–Kier alpha value is -0.0800. The van der Waals surface area contributed by atoms with Gasteiger partial charge < -0.3 is 10.1 Å². The van der Waals surface area contributed by atoms with Gasteiger partial charge in [-0.25, -0.2) is 0 Å². The highest BCUT2D eigenvalue weighted by molar-refractivity contribution is 5.02. The molecule has 2 nitrogen and oxygen atoms in total. The maximum absolute atomic E-state index is 6.13. The van der Waals surface area contributed by atoms with Gasteiger partial charge in [0.05, 0.1) is 5.60 Å². The molecule has 1 atom stereocenters. The lowest BCUT2D eigenvalue weighted by Crippen LogP contribution is -2.59. The molecular formula is C17H33NO. The second-order valence-electron chi connectivity index (χ2n) is 7.56. The van der Waals surface area contributed by atoms with Gasteiger partial charge in [0.15, 0.2) is 0 Å². The Morgan fingerprint density at radius 2 is 1.79 bits per heavy atom. The molecular weight excluding hydrogens is 234 g/mol. The monoisotopic (exact) mass is 267 g/mol. The summed E-state index contributed by atoms with van der Waals surface area (Å²) in [7, 11) is 1.94. The summed E-state index contributed by atoms with van der Waals surface area (Å²) in [6.45, 7) is 8.21. The van der Waals surface area contributed by atoms with Crippen molar-refractivity contribution in [3.63, 3.8) is 0 Å². The largest absolute Gasteiger partial charge is 0.377 e. The number of methoxy groups -OCH3 is 1. The Labute approximate surface area is 119 Å². The van der Waals surface area contributed by atoms with Crippen molar-refractivity contribution in [1.29, 1.82) is 0 Å². The molecule has 1 unspecified atom stereocenters. The van der Waals surface area contributed by atoms with Crippen molar-refractivity contribution in [3.8, 4) is 0 Å². The summed E-state index contributed by atoms with van der Waals surface area (Å²) in [5.74, 6) is 0.854. The Balaban J connectivity index is 2.07. The second-order valence-corrected chi connectivity index (χ2v) is 7.56. The molecule has 2 fully saturated rings. The molecule has 19 heavy (non-hydrogen) atoms. The van der Waals surface area contributed by atoms with Gasteiger partial charge in [-0.3, -0.25) is 0 Å². The first-order valence-electron chi connectivity index (χ1n) is 8.31. The van der Waals surface area contributed by atoms with Gasteiger partial charge >= 0.3 is 0 Å². The molecule has 0 amide bonds. The number of ether oxygens (including phenoxy) is 1. The lowest BCUT2D eigenvalue weighted by atomic mass is 9.63. The van der Waals surface area contributed by atoms with E-state index < -0.39 is 0 Å². The van der Waals surface area contributed by atoms with Crippen LogP contribution in [0.1, 0.15) is 72.1 Å². The molecule has 2 heteroatoms. The molecule has 0 saturated heterocycles. The summed E-state index contributed by atoms with van der Waals surface area (Å²) >= 11 is 0. The van der Waals surface area contributed by atoms with Crippen LogP contribution in [0, 0.1) is 11.3 Å². The van der Waals surface area contributed by atoms with E-state index in [1.807, 2.05) is 7.11 Å². The zero-order valence-corrected chi connectivity index (χ0v) is 13.4. The van der Waals surface area contributed by atoms with E-state index in [2.05, 4.69) is 26.1 Å². The Bertz CT molecular complexity index is 273. The molecule has 0 spiro atoms. The molecule has 0 aromatic carbocycles. The molecule has 2 aliphatic rings. The van der Waals surface area contributed by atoms with E-state index in [0.29, 0.717) is 11.5 Å². The SMILES string of the molecule is CCCNC(C1CCC1)C1(OC)CCC(C)(C)CC1. The van der Waals surface area contributed by atoms with Crippen molar-refractivity contribution in [2.75, 3.05) is 13.7 Å². The predicted molar refractivity (Wildman–Crippen MR) is 81.4 cm³/mol. The fourth-order valence-electron chi connectivity index (χ4n) is 3.85. The summed E-state index contributed by atoms with van der Waals surface area (Å²) < 4.78 is 6.13. The number of nitrogens with one attached hydrogen (secondary N) is 1. The molecule has 0 bridgehead atoms. The normalized spacial score (nSPS) is 27.8. The molecule has 0 aromatic heterocycles. The van der Waals surface area contributed by atoms with Gasteiger partial charge in [0, 0.05) is 13.2 Å². The number of hydrogen-bond donors (Lipinski definition) is 1. The minimum atomic E-state index is 0.107. The third-order valence-electron chi connectivity index (χ3n) is 5.66. The van der Waals surface area contributed by atoms with Crippen LogP contribution in [-0.2, 0) is 4.74 Å². The molecule has 0 aliphatic heterocycles. The Morgan fingerprint density at radius 1 is 1.16 bits per heavy atom. The summed E-state index contributed by atoms with van der Waals surface area (Å²) in [5, 5.41) is 3.84. The molecule has 0 heterocycles. The lowest BCUT2D eigenvalue weighted by molar-refractivity contribution is -0.106. The molecule has 112 valence electrons. The summed E-state index contributed by atoms with van der Waals surface area (Å²) in [6.07, 6.45) is 10.5. The summed E-state index contributed by atoms with van der Waals surface area (Å²) in [5.41, 5.74) is 0.618. The predicted octanol–water partition coefficient (Wildman–Crippen LogP) is 4.14. The standard InChI is InChI=1S/C17H33NO/c1-5-13-18-15(14-7-6-8-14)17(19-4)11-9-16(2,3)10-12-17/h14-15,18H,5-13H2,1-4H3. The van der Waals surface area contributed by atoms with Gasteiger partial charge in [-0.15, -0.1) is 0 Å². The quantitative estimate of drug-likeness (QED) is 0.781. The first kappa shape index (κ1) is 15.3. The molecule has 0 radical (unpaired) electrons. The van der Waals surface area contributed by atoms with Crippen molar-refractivity contribution < 1.29 is 4.74 Å². The maximum atomic E-state index is 6.13. The second kappa shape index (κ2) is 6.13. The maximum Gasteiger partial charge on any atom is 0.0834 e. The number of hydrogen-bond acceptors (Lipinski definition) is 2. The van der Waals surface area contributed by atoms with E-state index in [-0.39, 0.29) is 5.60 Å². The van der Waals surface area contributed by atoms with Crippen LogP contribution >= 0.6 is 0 Å². The van der Waals surface area contributed by atoms with E-state index in [1.54, 1.807) is 0 Å². The minimum absolute atomic E-state index is 0.107. The van der Waals surface area contributed by atoms with Crippen LogP contribution in [-0.4, -0.2) is 25.3 Å². The molecule has 2 saturated carbocycles. The van der Waals surface area contributed by atoms with Gasteiger partial charge in [0.2, 0.25) is 0 Å². The van der Waals surface area contributed by atoms with Crippen molar-refractivity contribution in [3.05, 3.63) is 0 Å². The lowest BCUT2D eigenvalue weighted by Gasteiger charge is -2.51. The molecule has 1 N–H and O–H groups in total. The molecule has 2 aliphatic carbocycles. The van der Waals surface area contributed by atoms with E-state index in [0.717, 1.165) is 12.5 Å². The van der Waals surface area contributed by atoms with E-state index in [1.165, 1.54) is 51.4 Å². The van der Waals surface area contributed by atoms with Gasteiger partial charge in [0.25, 0.3) is 0 Å². The van der Waals surface area contributed by atoms with Crippen LogP contribution in [0.15, 0.2) is 0 Å². The smallest absolute Gasteiger partial charge is 0.0834 e. The van der Waals surface area contributed by atoms with Crippen molar-refractivity contribution in [1.82, 2.24) is 5.32 Å². The number of rotatable bonds is 6. The van der Waals surface area contributed by atoms with Crippen LogP contribution in [0.3, 0.4) is 0 Å². The average Bonchev–Trinajstić information content (AvgIpc) is 2.33. The highest BCUT2D eigenvalue weighted by Gasteiger charge is 2.47. The van der Waals surface area contributed by atoms with Crippen molar-refractivity contribution >= 4 is 0 Å². The average molecular weight is 267 g/mol. The Morgan fingerprint density at radius 3 is 2.21 bits per heavy atom. The first-order chi connectivity index (χ1) is 9.03. The van der Waals surface area contributed by atoms with Crippen molar-refractivity contribution in [2.24, 2.45) is 11.3 Å². The third-order valence-corrected chi connectivity index (χ3v) is 5.66. The van der Waals surface area contributed by atoms with Crippen LogP contribution in [0.2, 0.25) is 0 Å². The third kappa shape index (κ3) is 3.33. The van der Waals surface area contributed by atoms with Gasteiger partial charge in [-0.2, -0.15) is 0 Å². The van der Waals surface area contributed by atoms with E-state index in [4.69, 9.17) is 4.74 Å². The zero-order valence-electron chi connectivity index (χ0n) is 13.4. The van der Waals surface area contributed by atoms with Gasteiger partial charge in [-0.05, 0) is 62.8 Å². The Kier molecular flexibility index (Phi) is 4.94. The van der Waals surface area contributed by atoms with Gasteiger partial charge in [0.1, 0.15) is 0 Å².